The van der Waals surface area contributed by atoms with Crippen LogP contribution in [0.15, 0.2) is 16.8 Å². The van der Waals surface area contributed by atoms with Gasteiger partial charge in [-0.2, -0.15) is 0 Å². The highest BCUT2D eigenvalue weighted by Crippen LogP contribution is 2.03. The van der Waals surface area contributed by atoms with E-state index in [1.54, 1.807) is 0 Å². The summed E-state index contributed by atoms with van der Waals surface area (Å²) in [5, 5.41) is 8.51. The minimum atomic E-state index is 0.0799. The number of nitrogens with zero attached hydrogens (tertiary/aromatic N) is 1. The molecule has 0 unspecified atom stereocenters. The van der Waals surface area contributed by atoms with Gasteiger partial charge in [-0.05, 0) is 12.8 Å². The summed E-state index contributed by atoms with van der Waals surface area (Å²) in [4.78, 5) is 3.93. The van der Waals surface area contributed by atoms with Gasteiger partial charge in [0.15, 0.2) is 0 Å². The second-order valence-electron chi connectivity index (χ2n) is 1.74. The molecule has 1 aliphatic heterocycles. The van der Waals surface area contributed by atoms with Crippen molar-refractivity contribution < 1.29 is 5.11 Å². The van der Waals surface area contributed by atoms with Crippen molar-refractivity contribution in [2.24, 2.45) is 4.99 Å². The third kappa shape index (κ3) is 1.17. The van der Waals surface area contributed by atoms with Crippen LogP contribution in [0.4, 0.5) is 0 Å². The summed E-state index contributed by atoms with van der Waals surface area (Å²) in [6.07, 6.45) is 5.84. The Morgan fingerprint density at radius 2 is 2.50 bits per heavy atom. The van der Waals surface area contributed by atoms with Crippen LogP contribution in [0.1, 0.15) is 12.8 Å². The van der Waals surface area contributed by atoms with Gasteiger partial charge in [-0.25, -0.2) is 0 Å². The van der Waals surface area contributed by atoms with E-state index in [9.17, 15) is 0 Å². The van der Waals surface area contributed by atoms with Crippen molar-refractivity contribution in [3.8, 4) is 0 Å². The molecule has 2 nitrogen and oxygen atoms in total. The van der Waals surface area contributed by atoms with Gasteiger partial charge < -0.3 is 5.11 Å². The lowest BCUT2D eigenvalue weighted by atomic mass is 10.2. The topological polar surface area (TPSA) is 32.6 Å². The van der Waals surface area contributed by atoms with Gasteiger partial charge in [0.05, 0.1) is 12.3 Å². The summed E-state index contributed by atoms with van der Waals surface area (Å²) < 4.78 is 0. The number of aliphatic hydroxyl groups excluding tert-OH is 1. The maximum Gasteiger partial charge on any atom is 0.0849 e. The molecule has 0 fully saturated rings. The quantitative estimate of drug-likeness (QED) is 0.531. The second kappa shape index (κ2) is 2.62. The Kier molecular flexibility index (Phi) is 1.80. The molecule has 1 N–H and O–H groups in total. The number of hydrogen-bond acceptors (Lipinski definition) is 2. The molecule has 0 radical (unpaired) electrons. The van der Waals surface area contributed by atoms with Gasteiger partial charge in [0.1, 0.15) is 0 Å². The van der Waals surface area contributed by atoms with Crippen molar-refractivity contribution in [1.82, 2.24) is 0 Å². The van der Waals surface area contributed by atoms with Crippen molar-refractivity contribution in [2.45, 2.75) is 12.8 Å². The fourth-order valence-electron chi connectivity index (χ4n) is 0.664. The maximum atomic E-state index is 8.51. The van der Waals surface area contributed by atoms with Gasteiger partial charge in [-0.1, -0.05) is 6.08 Å². The van der Waals surface area contributed by atoms with Crippen LogP contribution in [0.2, 0.25) is 0 Å². The number of aliphatic hydroxyl groups is 1. The van der Waals surface area contributed by atoms with E-state index in [1.165, 1.54) is 0 Å². The van der Waals surface area contributed by atoms with E-state index in [0.717, 1.165) is 18.5 Å². The zero-order chi connectivity index (χ0) is 5.82. The zero-order valence-corrected chi connectivity index (χ0v) is 4.67. The molecule has 0 aromatic rings. The molecule has 1 heterocycles. The average molecular weight is 111 g/mol. The fourth-order valence-corrected chi connectivity index (χ4v) is 0.664. The number of aliphatic imine (C=N–C) groups is 1. The molecule has 0 atom stereocenters. The van der Waals surface area contributed by atoms with Crippen LogP contribution in [-0.4, -0.2) is 17.9 Å². The maximum absolute atomic E-state index is 8.51. The molecule has 0 amide bonds. The van der Waals surface area contributed by atoms with Gasteiger partial charge in [-0.3, -0.25) is 4.99 Å². The highest BCUT2D eigenvalue weighted by atomic mass is 16.3. The Hall–Kier alpha value is -0.630. The Morgan fingerprint density at radius 1 is 1.62 bits per heavy atom. The standard InChI is InChI=1S/C6H9NO/c8-5-6-3-1-2-4-7-6/h3-4,8H,1-2,5H2. The first-order valence-corrected chi connectivity index (χ1v) is 2.76. The minimum Gasteiger partial charge on any atom is -0.390 e. The van der Waals surface area contributed by atoms with E-state index in [2.05, 4.69) is 4.99 Å². The predicted molar refractivity (Wildman–Crippen MR) is 32.9 cm³/mol. The van der Waals surface area contributed by atoms with Crippen LogP contribution >= 0.6 is 0 Å². The third-order valence-electron chi connectivity index (χ3n) is 1.09. The first-order valence-electron chi connectivity index (χ1n) is 2.76. The zero-order valence-electron chi connectivity index (χ0n) is 4.67. The molecular weight excluding hydrogens is 102 g/mol. The number of allylic oxidation sites excluding steroid dienone is 1. The SMILES string of the molecule is OCC1=CCCC=N1. The lowest BCUT2D eigenvalue weighted by molar-refractivity contribution is 0.329. The molecule has 0 saturated heterocycles. The van der Waals surface area contributed by atoms with E-state index >= 15 is 0 Å². The molecule has 0 aromatic carbocycles. The summed E-state index contributed by atoms with van der Waals surface area (Å²) in [7, 11) is 0. The fraction of sp³-hybridized carbons (Fsp3) is 0.500. The molecule has 44 valence electrons. The number of hydrogen-bond donors (Lipinski definition) is 1. The molecular formula is C6H9NO. The second-order valence-corrected chi connectivity index (χ2v) is 1.74. The summed E-state index contributed by atoms with van der Waals surface area (Å²) in [6.45, 7) is 0.0799. The molecule has 0 spiro atoms. The summed E-state index contributed by atoms with van der Waals surface area (Å²) in [5.41, 5.74) is 0.802. The van der Waals surface area contributed by atoms with Crippen LogP contribution in [0.3, 0.4) is 0 Å². The van der Waals surface area contributed by atoms with Crippen LogP contribution in [0.5, 0.6) is 0 Å². The van der Waals surface area contributed by atoms with Crippen LogP contribution in [0.25, 0.3) is 0 Å². The monoisotopic (exact) mass is 111 g/mol. The first-order chi connectivity index (χ1) is 3.93. The molecule has 0 aliphatic carbocycles. The molecule has 0 saturated carbocycles. The molecule has 1 rings (SSSR count). The van der Waals surface area contributed by atoms with Crippen molar-refractivity contribution in [1.29, 1.82) is 0 Å². The van der Waals surface area contributed by atoms with Gasteiger partial charge in [0, 0.05) is 6.21 Å². The molecule has 0 aromatic heterocycles. The van der Waals surface area contributed by atoms with Gasteiger partial charge in [0.2, 0.25) is 0 Å². The summed E-state index contributed by atoms with van der Waals surface area (Å²) in [6, 6.07) is 0. The van der Waals surface area contributed by atoms with Gasteiger partial charge in [0.25, 0.3) is 0 Å². The van der Waals surface area contributed by atoms with Crippen molar-refractivity contribution in [3.05, 3.63) is 11.8 Å². The van der Waals surface area contributed by atoms with Crippen molar-refractivity contribution in [3.63, 3.8) is 0 Å². The largest absolute Gasteiger partial charge is 0.390 e. The Morgan fingerprint density at radius 3 is 2.88 bits per heavy atom. The van der Waals surface area contributed by atoms with E-state index in [1.807, 2.05) is 12.3 Å². The average Bonchev–Trinajstić information content (AvgIpc) is 1.90. The highest BCUT2D eigenvalue weighted by Gasteiger charge is 1.93. The van der Waals surface area contributed by atoms with E-state index < -0.39 is 0 Å². The third-order valence-corrected chi connectivity index (χ3v) is 1.09. The molecule has 2 heteroatoms. The van der Waals surface area contributed by atoms with E-state index in [0.29, 0.717) is 0 Å². The van der Waals surface area contributed by atoms with Gasteiger partial charge in [-0.15, -0.1) is 0 Å². The summed E-state index contributed by atoms with van der Waals surface area (Å²) >= 11 is 0. The summed E-state index contributed by atoms with van der Waals surface area (Å²) in [5.74, 6) is 0. The van der Waals surface area contributed by atoms with Crippen molar-refractivity contribution >= 4 is 6.21 Å². The number of rotatable bonds is 1. The molecule has 0 bridgehead atoms. The highest BCUT2D eigenvalue weighted by molar-refractivity contribution is 5.60. The smallest absolute Gasteiger partial charge is 0.0849 e. The van der Waals surface area contributed by atoms with E-state index in [-0.39, 0.29) is 6.61 Å². The normalized spacial score (nSPS) is 18.4. The Labute approximate surface area is 48.6 Å². The van der Waals surface area contributed by atoms with Crippen LogP contribution in [-0.2, 0) is 0 Å². The Bertz CT molecular complexity index is 126. The van der Waals surface area contributed by atoms with Crippen LogP contribution < -0.4 is 0 Å². The Balaban J connectivity index is 2.51. The van der Waals surface area contributed by atoms with Crippen LogP contribution in [0, 0.1) is 0 Å². The lowest BCUT2D eigenvalue weighted by Gasteiger charge is -1.99. The van der Waals surface area contributed by atoms with E-state index in [4.69, 9.17) is 5.11 Å². The minimum absolute atomic E-state index is 0.0799. The predicted octanol–water partition coefficient (Wildman–Crippen LogP) is 0.727. The molecule has 1 aliphatic rings. The first kappa shape index (κ1) is 5.51. The molecule has 8 heavy (non-hydrogen) atoms. The lowest BCUT2D eigenvalue weighted by Crippen LogP contribution is -1.92. The van der Waals surface area contributed by atoms with Crippen molar-refractivity contribution in [2.75, 3.05) is 6.61 Å². The van der Waals surface area contributed by atoms with Gasteiger partial charge >= 0.3 is 0 Å².